The SMILES string of the molecule is CCCN(CCC)C(=O)/C=C\C(=O)N(CCC)CCC. The van der Waals surface area contributed by atoms with Crippen LogP contribution in [0.1, 0.15) is 53.4 Å². The molecule has 0 aromatic rings. The van der Waals surface area contributed by atoms with Crippen LogP contribution in [-0.2, 0) is 9.59 Å². The number of rotatable bonds is 10. The minimum atomic E-state index is -0.0602. The zero-order valence-corrected chi connectivity index (χ0v) is 13.5. The standard InChI is InChI=1S/C16H30N2O2/c1-5-11-17(12-6-2)15(19)9-10-16(20)18(13-7-3)14-8-4/h9-10H,5-8,11-14H2,1-4H3/b10-9-. The van der Waals surface area contributed by atoms with Crippen molar-refractivity contribution < 1.29 is 9.59 Å². The molecule has 0 aliphatic heterocycles. The topological polar surface area (TPSA) is 40.6 Å². The molecule has 0 bridgehead atoms. The van der Waals surface area contributed by atoms with E-state index in [0.717, 1.165) is 51.9 Å². The predicted molar refractivity (Wildman–Crippen MR) is 83.5 cm³/mol. The van der Waals surface area contributed by atoms with Crippen molar-refractivity contribution in [2.45, 2.75) is 53.4 Å². The van der Waals surface area contributed by atoms with Crippen molar-refractivity contribution in [3.05, 3.63) is 12.2 Å². The number of nitrogens with zero attached hydrogens (tertiary/aromatic N) is 2. The Labute approximate surface area is 123 Å². The first kappa shape index (κ1) is 18.7. The number of carbonyl (C=O) groups is 2. The van der Waals surface area contributed by atoms with Gasteiger partial charge in [-0.05, 0) is 25.7 Å². The fraction of sp³-hybridized carbons (Fsp3) is 0.750. The zero-order chi connectivity index (χ0) is 15.4. The van der Waals surface area contributed by atoms with E-state index in [4.69, 9.17) is 0 Å². The molecule has 0 heterocycles. The Morgan fingerprint density at radius 1 is 0.650 bits per heavy atom. The molecule has 4 heteroatoms. The van der Waals surface area contributed by atoms with Gasteiger partial charge in [-0.25, -0.2) is 0 Å². The molecule has 0 spiro atoms. The minimum absolute atomic E-state index is 0.0602. The third kappa shape index (κ3) is 7.31. The Bertz CT molecular complexity index is 272. The highest BCUT2D eigenvalue weighted by atomic mass is 16.2. The summed E-state index contributed by atoms with van der Waals surface area (Å²) < 4.78 is 0. The molecular formula is C16H30N2O2. The lowest BCUT2D eigenvalue weighted by Gasteiger charge is -2.21. The molecule has 0 aliphatic carbocycles. The predicted octanol–water partition coefficient (Wildman–Crippen LogP) is 2.84. The van der Waals surface area contributed by atoms with E-state index in [1.54, 1.807) is 9.80 Å². The molecule has 0 atom stereocenters. The van der Waals surface area contributed by atoms with Crippen LogP contribution >= 0.6 is 0 Å². The van der Waals surface area contributed by atoms with Gasteiger partial charge in [-0.2, -0.15) is 0 Å². The highest BCUT2D eigenvalue weighted by molar-refractivity contribution is 5.96. The maximum Gasteiger partial charge on any atom is 0.246 e. The van der Waals surface area contributed by atoms with Gasteiger partial charge in [-0.1, -0.05) is 27.7 Å². The molecule has 0 rings (SSSR count). The Kier molecular flexibility index (Phi) is 10.7. The van der Waals surface area contributed by atoms with Crippen LogP contribution in [0.3, 0.4) is 0 Å². The number of hydrogen-bond acceptors (Lipinski definition) is 2. The first-order valence-electron chi connectivity index (χ1n) is 7.86. The summed E-state index contributed by atoms with van der Waals surface area (Å²) in [5.41, 5.74) is 0. The lowest BCUT2D eigenvalue weighted by Crippen LogP contribution is -2.33. The van der Waals surface area contributed by atoms with Crippen LogP contribution in [0.2, 0.25) is 0 Å². The lowest BCUT2D eigenvalue weighted by molar-refractivity contribution is -0.128. The molecule has 0 aliphatic rings. The Morgan fingerprint density at radius 2 is 0.900 bits per heavy atom. The van der Waals surface area contributed by atoms with Crippen LogP contribution in [0.15, 0.2) is 12.2 Å². The number of carbonyl (C=O) groups excluding carboxylic acids is 2. The van der Waals surface area contributed by atoms with Crippen molar-refractivity contribution in [1.29, 1.82) is 0 Å². The van der Waals surface area contributed by atoms with Gasteiger partial charge in [-0.3, -0.25) is 9.59 Å². The summed E-state index contributed by atoms with van der Waals surface area (Å²) in [5, 5.41) is 0. The van der Waals surface area contributed by atoms with Crippen LogP contribution in [0, 0.1) is 0 Å². The summed E-state index contributed by atoms with van der Waals surface area (Å²) in [7, 11) is 0. The Morgan fingerprint density at radius 3 is 1.10 bits per heavy atom. The minimum Gasteiger partial charge on any atom is -0.339 e. The summed E-state index contributed by atoms with van der Waals surface area (Å²) in [4.78, 5) is 27.7. The lowest BCUT2D eigenvalue weighted by atomic mass is 10.3. The maximum absolute atomic E-state index is 12.0. The van der Waals surface area contributed by atoms with E-state index >= 15 is 0 Å². The highest BCUT2D eigenvalue weighted by Gasteiger charge is 2.11. The van der Waals surface area contributed by atoms with E-state index in [1.807, 2.05) is 0 Å². The molecule has 4 nitrogen and oxygen atoms in total. The van der Waals surface area contributed by atoms with E-state index < -0.39 is 0 Å². The molecule has 0 fully saturated rings. The maximum atomic E-state index is 12.0. The Balaban J connectivity index is 4.55. The van der Waals surface area contributed by atoms with Crippen molar-refractivity contribution in [3.63, 3.8) is 0 Å². The zero-order valence-electron chi connectivity index (χ0n) is 13.5. The molecule has 0 saturated carbocycles. The monoisotopic (exact) mass is 282 g/mol. The quantitative estimate of drug-likeness (QED) is 0.578. The van der Waals surface area contributed by atoms with Crippen LogP contribution in [0.4, 0.5) is 0 Å². The summed E-state index contributed by atoms with van der Waals surface area (Å²) in [5.74, 6) is -0.120. The second-order valence-corrected chi connectivity index (χ2v) is 4.98. The fourth-order valence-electron chi connectivity index (χ4n) is 2.10. The third-order valence-electron chi connectivity index (χ3n) is 2.97. The second-order valence-electron chi connectivity index (χ2n) is 4.98. The van der Waals surface area contributed by atoms with Gasteiger partial charge >= 0.3 is 0 Å². The molecule has 0 saturated heterocycles. The molecular weight excluding hydrogens is 252 g/mol. The van der Waals surface area contributed by atoms with Crippen molar-refractivity contribution >= 4 is 11.8 Å². The van der Waals surface area contributed by atoms with E-state index in [9.17, 15) is 9.59 Å². The molecule has 20 heavy (non-hydrogen) atoms. The highest BCUT2D eigenvalue weighted by Crippen LogP contribution is 2.00. The summed E-state index contributed by atoms with van der Waals surface area (Å²) in [6.45, 7) is 11.2. The van der Waals surface area contributed by atoms with Crippen LogP contribution in [-0.4, -0.2) is 47.8 Å². The van der Waals surface area contributed by atoms with Crippen molar-refractivity contribution in [2.75, 3.05) is 26.2 Å². The van der Waals surface area contributed by atoms with Gasteiger partial charge in [-0.15, -0.1) is 0 Å². The van der Waals surface area contributed by atoms with Gasteiger partial charge in [0.05, 0.1) is 0 Å². The van der Waals surface area contributed by atoms with Crippen LogP contribution in [0.25, 0.3) is 0 Å². The van der Waals surface area contributed by atoms with E-state index in [-0.39, 0.29) is 11.8 Å². The van der Waals surface area contributed by atoms with Crippen molar-refractivity contribution in [3.8, 4) is 0 Å². The molecule has 0 N–H and O–H groups in total. The largest absolute Gasteiger partial charge is 0.339 e. The fourth-order valence-corrected chi connectivity index (χ4v) is 2.10. The average molecular weight is 282 g/mol. The molecule has 0 unspecified atom stereocenters. The normalized spacial score (nSPS) is 10.8. The number of amides is 2. The second kappa shape index (κ2) is 11.5. The Hall–Kier alpha value is -1.32. The summed E-state index contributed by atoms with van der Waals surface area (Å²) in [6, 6.07) is 0. The first-order valence-corrected chi connectivity index (χ1v) is 7.86. The van der Waals surface area contributed by atoms with E-state index in [1.165, 1.54) is 12.2 Å². The molecule has 2 amide bonds. The first-order chi connectivity index (χ1) is 9.60. The van der Waals surface area contributed by atoms with Gasteiger partial charge in [0.15, 0.2) is 0 Å². The van der Waals surface area contributed by atoms with E-state index in [0.29, 0.717) is 0 Å². The summed E-state index contributed by atoms with van der Waals surface area (Å²) in [6.07, 6.45) is 6.59. The van der Waals surface area contributed by atoms with Gasteiger partial charge in [0.25, 0.3) is 0 Å². The van der Waals surface area contributed by atoms with Gasteiger partial charge in [0.2, 0.25) is 11.8 Å². The average Bonchev–Trinajstić information content (AvgIpc) is 2.44. The molecule has 0 aromatic heterocycles. The smallest absolute Gasteiger partial charge is 0.246 e. The van der Waals surface area contributed by atoms with Gasteiger partial charge < -0.3 is 9.80 Å². The third-order valence-corrected chi connectivity index (χ3v) is 2.97. The van der Waals surface area contributed by atoms with Gasteiger partial charge in [0.1, 0.15) is 0 Å². The van der Waals surface area contributed by atoms with Crippen LogP contribution < -0.4 is 0 Å². The summed E-state index contributed by atoms with van der Waals surface area (Å²) >= 11 is 0. The molecule has 116 valence electrons. The van der Waals surface area contributed by atoms with E-state index in [2.05, 4.69) is 27.7 Å². The number of hydrogen-bond donors (Lipinski definition) is 0. The molecule has 0 radical (unpaired) electrons. The van der Waals surface area contributed by atoms with Gasteiger partial charge in [0, 0.05) is 38.3 Å². The van der Waals surface area contributed by atoms with Crippen molar-refractivity contribution in [2.24, 2.45) is 0 Å². The van der Waals surface area contributed by atoms with Crippen LogP contribution in [0.5, 0.6) is 0 Å². The molecule has 0 aromatic carbocycles. The van der Waals surface area contributed by atoms with Crippen molar-refractivity contribution in [1.82, 2.24) is 9.80 Å².